The Hall–Kier alpha value is -0.990. The molecule has 1 rings (SSSR count). The van der Waals surface area contributed by atoms with Crippen molar-refractivity contribution in [3.63, 3.8) is 0 Å². The Balaban J connectivity index is 2.59. The normalized spacial score (nSPS) is 10.8. The van der Waals surface area contributed by atoms with Gasteiger partial charge in [-0.2, -0.15) is 5.26 Å². The van der Waals surface area contributed by atoms with E-state index in [2.05, 4.69) is 22.0 Å². The van der Waals surface area contributed by atoms with Crippen LogP contribution in [0.5, 0.6) is 0 Å². The lowest BCUT2D eigenvalue weighted by atomic mass is 10.2. The van der Waals surface area contributed by atoms with Gasteiger partial charge < -0.3 is 4.74 Å². The standard InChI is InChI=1S/C13H14BrNO2S/c1-13(2,3)17-12(16)8-18-11-5-4-9(7-15)6-10(11)14/h4-6H,8H2,1-3H3. The van der Waals surface area contributed by atoms with Gasteiger partial charge in [0.2, 0.25) is 0 Å². The Morgan fingerprint density at radius 1 is 1.50 bits per heavy atom. The summed E-state index contributed by atoms with van der Waals surface area (Å²) >= 11 is 4.76. The molecule has 0 aliphatic carbocycles. The van der Waals surface area contributed by atoms with Crippen molar-refractivity contribution in [3.8, 4) is 6.07 Å². The summed E-state index contributed by atoms with van der Waals surface area (Å²) in [5, 5.41) is 8.75. The number of hydrogen-bond donors (Lipinski definition) is 0. The van der Waals surface area contributed by atoms with Crippen molar-refractivity contribution < 1.29 is 9.53 Å². The predicted octanol–water partition coefficient (Wildman–Crippen LogP) is 3.75. The number of halogens is 1. The van der Waals surface area contributed by atoms with Gasteiger partial charge >= 0.3 is 5.97 Å². The molecule has 1 aromatic rings. The quantitative estimate of drug-likeness (QED) is 0.626. The minimum atomic E-state index is -0.459. The van der Waals surface area contributed by atoms with Gasteiger partial charge in [-0.1, -0.05) is 0 Å². The van der Waals surface area contributed by atoms with Crippen molar-refractivity contribution >= 4 is 33.7 Å². The summed E-state index contributed by atoms with van der Waals surface area (Å²) in [5.41, 5.74) is 0.128. The highest BCUT2D eigenvalue weighted by atomic mass is 79.9. The third-order valence-corrected chi connectivity index (χ3v) is 3.79. The summed E-state index contributed by atoms with van der Waals surface area (Å²) < 4.78 is 6.03. The van der Waals surface area contributed by atoms with Crippen LogP contribution in [0.3, 0.4) is 0 Å². The Bertz CT molecular complexity index is 489. The maximum Gasteiger partial charge on any atom is 0.316 e. The van der Waals surface area contributed by atoms with Crippen LogP contribution in [0, 0.1) is 11.3 Å². The van der Waals surface area contributed by atoms with Crippen LogP contribution in [0.15, 0.2) is 27.6 Å². The van der Waals surface area contributed by atoms with Crippen LogP contribution in [0.4, 0.5) is 0 Å². The zero-order valence-electron chi connectivity index (χ0n) is 10.5. The molecular weight excluding hydrogens is 314 g/mol. The Labute approximate surface area is 120 Å². The molecular formula is C13H14BrNO2S. The van der Waals surface area contributed by atoms with Gasteiger partial charge in [0.05, 0.1) is 17.4 Å². The average Bonchev–Trinajstić information content (AvgIpc) is 2.25. The minimum Gasteiger partial charge on any atom is -0.459 e. The zero-order valence-corrected chi connectivity index (χ0v) is 12.9. The summed E-state index contributed by atoms with van der Waals surface area (Å²) in [7, 11) is 0. The second kappa shape index (κ2) is 6.26. The van der Waals surface area contributed by atoms with Gasteiger partial charge in [-0.25, -0.2) is 0 Å². The largest absolute Gasteiger partial charge is 0.459 e. The maximum absolute atomic E-state index is 11.6. The lowest BCUT2D eigenvalue weighted by Gasteiger charge is -2.19. The number of rotatable bonds is 3. The van der Waals surface area contributed by atoms with Crippen molar-refractivity contribution in [1.82, 2.24) is 0 Å². The summed E-state index contributed by atoms with van der Waals surface area (Å²) in [6, 6.07) is 7.34. The van der Waals surface area contributed by atoms with E-state index < -0.39 is 5.60 Å². The van der Waals surface area contributed by atoms with Crippen molar-refractivity contribution in [2.45, 2.75) is 31.3 Å². The molecule has 18 heavy (non-hydrogen) atoms. The highest BCUT2D eigenvalue weighted by Crippen LogP contribution is 2.28. The maximum atomic E-state index is 11.6. The SMILES string of the molecule is CC(C)(C)OC(=O)CSc1ccc(C#N)cc1Br. The molecule has 0 heterocycles. The van der Waals surface area contributed by atoms with Gasteiger partial charge in [-0.05, 0) is 54.9 Å². The number of hydrogen-bond acceptors (Lipinski definition) is 4. The molecule has 0 atom stereocenters. The predicted molar refractivity (Wildman–Crippen MR) is 75.4 cm³/mol. The van der Waals surface area contributed by atoms with Crippen LogP contribution in [0.25, 0.3) is 0 Å². The summed E-state index contributed by atoms with van der Waals surface area (Å²) in [6.07, 6.45) is 0. The summed E-state index contributed by atoms with van der Waals surface area (Å²) in [6.45, 7) is 5.52. The fraction of sp³-hybridized carbons (Fsp3) is 0.385. The van der Waals surface area contributed by atoms with E-state index in [0.29, 0.717) is 5.56 Å². The van der Waals surface area contributed by atoms with Gasteiger partial charge in [0.1, 0.15) is 5.60 Å². The number of nitrogens with zero attached hydrogens (tertiary/aromatic N) is 1. The fourth-order valence-electron chi connectivity index (χ4n) is 1.20. The van der Waals surface area contributed by atoms with Crippen molar-refractivity contribution in [3.05, 3.63) is 28.2 Å². The summed E-state index contributed by atoms with van der Waals surface area (Å²) in [4.78, 5) is 12.5. The smallest absolute Gasteiger partial charge is 0.316 e. The highest BCUT2D eigenvalue weighted by molar-refractivity contribution is 9.10. The van der Waals surface area contributed by atoms with E-state index in [1.54, 1.807) is 12.1 Å². The Morgan fingerprint density at radius 2 is 2.17 bits per heavy atom. The van der Waals surface area contributed by atoms with Crippen LogP contribution < -0.4 is 0 Å². The van der Waals surface area contributed by atoms with E-state index in [1.165, 1.54) is 11.8 Å². The van der Waals surface area contributed by atoms with Crippen molar-refractivity contribution in [1.29, 1.82) is 5.26 Å². The lowest BCUT2D eigenvalue weighted by molar-refractivity contribution is -0.151. The van der Waals surface area contributed by atoms with Gasteiger partial charge in [0.15, 0.2) is 0 Å². The fourth-order valence-corrected chi connectivity index (χ4v) is 2.61. The molecule has 0 aromatic heterocycles. The second-order valence-electron chi connectivity index (χ2n) is 4.63. The topological polar surface area (TPSA) is 50.1 Å². The molecule has 0 fully saturated rings. The van der Waals surface area contributed by atoms with Gasteiger partial charge in [0, 0.05) is 9.37 Å². The lowest BCUT2D eigenvalue weighted by Crippen LogP contribution is -2.24. The van der Waals surface area contributed by atoms with Gasteiger partial charge in [-0.15, -0.1) is 11.8 Å². The number of ether oxygens (including phenoxy) is 1. The van der Waals surface area contributed by atoms with Crippen LogP contribution in [0.2, 0.25) is 0 Å². The first-order valence-corrected chi connectivity index (χ1v) is 7.14. The van der Waals surface area contributed by atoms with Gasteiger partial charge in [-0.3, -0.25) is 4.79 Å². The van der Waals surface area contributed by atoms with Crippen molar-refractivity contribution in [2.75, 3.05) is 5.75 Å². The first-order chi connectivity index (χ1) is 8.31. The monoisotopic (exact) mass is 327 g/mol. The van der Waals surface area contributed by atoms with Crippen LogP contribution in [-0.2, 0) is 9.53 Å². The molecule has 0 spiro atoms. The minimum absolute atomic E-state index is 0.247. The molecule has 96 valence electrons. The molecule has 0 bridgehead atoms. The molecule has 3 nitrogen and oxygen atoms in total. The number of nitriles is 1. The van der Waals surface area contributed by atoms with Crippen LogP contribution in [-0.4, -0.2) is 17.3 Å². The van der Waals surface area contributed by atoms with Gasteiger partial charge in [0.25, 0.3) is 0 Å². The number of esters is 1. The Kier molecular flexibility index (Phi) is 5.24. The van der Waals surface area contributed by atoms with Crippen LogP contribution >= 0.6 is 27.7 Å². The number of thioether (sulfide) groups is 1. The summed E-state index contributed by atoms with van der Waals surface area (Å²) in [5.74, 6) is 0.00524. The highest BCUT2D eigenvalue weighted by Gasteiger charge is 2.16. The molecule has 0 saturated carbocycles. The molecule has 0 aliphatic heterocycles. The molecule has 0 aliphatic rings. The van der Waals surface area contributed by atoms with E-state index in [4.69, 9.17) is 10.00 Å². The third kappa shape index (κ3) is 5.11. The molecule has 0 unspecified atom stereocenters. The first kappa shape index (κ1) is 15.1. The molecule has 0 N–H and O–H groups in total. The van der Waals surface area contributed by atoms with E-state index in [1.807, 2.05) is 26.8 Å². The number of carbonyl (C=O) groups excluding carboxylic acids is 1. The average molecular weight is 328 g/mol. The molecule has 0 amide bonds. The Morgan fingerprint density at radius 3 is 2.67 bits per heavy atom. The number of benzene rings is 1. The molecule has 0 radical (unpaired) electrons. The van der Waals surface area contributed by atoms with Crippen molar-refractivity contribution in [2.24, 2.45) is 0 Å². The van der Waals surface area contributed by atoms with E-state index in [0.717, 1.165) is 9.37 Å². The molecule has 0 saturated heterocycles. The third-order valence-electron chi connectivity index (χ3n) is 1.83. The number of carbonyl (C=O) groups is 1. The first-order valence-electron chi connectivity index (χ1n) is 5.36. The van der Waals surface area contributed by atoms with Crippen LogP contribution in [0.1, 0.15) is 26.3 Å². The molecule has 5 heteroatoms. The van der Waals surface area contributed by atoms with E-state index in [-0.39, 0.29) is 11.7 Å². The zero-order chi connectivity index (χ0) is 13.8. The van der Waals surface area contributed by atoms with E-state index in [9.17, 15) is 4.79 Å². The molecule has 1 aromatic carbocycles. The van der Waals surface area contributed by atoms with E-state index >= 15 is 0 Å². The second-order valence-corrected chi connectivity index (χ2v) is 6.50.